The van der Waals surface area contributed by atoms with Gasteiger partial charge in [-0.05, 0) is 23.6 Å². The van der Waals surface area contributed by atoms with Gasteiger partial charge in [-0.25, -0.2) is 0 Å². The summed E-state index contributed by atoms with van der Waals surface area (Å²) in [5.41, 5.74) is 7.56. The van der Waals surface area contributed by atoms with E-state index in [0.717, 1.165) is 11.4 Å². The Labute approximate surface area is 107 Å². The number of anilines is 1. The molecule has 0 aliphatic carbocycles. The maximum Gasteiger partial charge on any atom is 0.222 e. The zero-order chi connectivity index (χ0) is 13.0. The van der Waals surface area contributed by atoms with Gasteiger partial charge < -0.3 is 15.0 Å². The van der Waals surface area contributed by atoms with Gasteiger partial charge in [0.25, 0.3) is 0 Å². The summed E-state index contributed by atoms with van der Waals surface area (Å²) in [4.78, 5) is 0. The zero-order valence-corrected chi connectivity index (χ0v) is 10.7. The second-order valence-corrected chi connectivity index (χ2v) is 4.54. The molecule has 0 saturated heterocycles. The van der Waals surface area contributed by atoms with E-state index in [-0.39, 0.29) is 0 Å². The van der Waals surface area contributed by atoms with E-state index in [0.29, 0.717) is 24.8 Å². The molecule has 96 valence electrons. The Kier molecular flexibility index (Phi) is 3.87. The first-order valence-electron chi connectivity index (χ1n) is 6.09. The maximum absolute atomic E-state index is 5.63. The second-order valence-electron chi connectivity index (χ2n) is 4.54. The Balaban J connectivity index is 1.83. The highest BCUT2D eigenvalue weighted by molar-refractivity contribution is 5.29. The Morgan fingerprint density at radius 1 is 1.28 bits per heavy atom. The predicted molar refractivity (Wildman–Crippen MR) is 70.6 cm³/mol. The van der Waals surface area contributed by atoms with Crippen molar-refractivity contribution in [1.82, 2.24) is 5.16 Å². The molecule has 0 bridgehead atoms. The highest BCUT2D eigenvalue weighted by atomic mass is 16.5. The highest BCUT2D eigenvalue weighted by Crippen LogP contribution is 2.18. The van der Waals surface area contributed by atoms with Crippen molar-refractivity contribution in [2.24, 2.45) is 0 Å². The monoisotopic (exact) mass is 246 g/mol. The van der Waals surface area contributed by atoms with Crippen LogP contribution in [0.4, 0.5) is 5.88 Å². The summed E-state index contributed by atoms with van der Waals surface area (Å²) in [5.74, 6) is 1.75. The minimum Gasteiger partial charge on any atom is -0.493 e. The number of hydrogen-bond donors (Lipinski definition) is 1. The molecule has 18 heavy (non-hydrogen) atoms. The lowest BCUT2D eigenvalue weighted by Crippen LogP contribution is -2.01. The molecule has 4 heteroatoms. The average molecular weight is 246 g/mol. The van der Waals surface area contributed by atoms with E-state index in [1.54, 1.807) is 6.07 Å². The van der Waals surface area contributed by atoms with Crippen LogP contribution in [-0.2, 0) is 6.42 Å². The highest BCUT2D eigenvalue weighted by Gasteiger charge is 2.02. The Morgan fingerprint density at radius 2 is 2.00 bits per heavy atom. The van der Waals surface area contributed by atoms with Crippen molar-refractivity contribution in [2.45, 2.75) is 26.2 Å². The lowest BCUT2D eigenvalue weighted by atomic mass is 10.0. The standard InChI is InChI=1S/C14H18N2O2/c1-10(2)11-3-5-13(6-4-11)17-8-7-12-9-14(15)18-16-12/h3-6,9-10H,7-8,15H2,1-2H3. The second kappa shape index (κ2) is 5.58. The van der Waals surface area contributed by atoms with Crippen molar-refractivity contribution in [3.63, 3.8) is 0 Å². The Morgan fingerprint density at radius 3 is 2.56 bits per heavy atom. The Bertz CT molecular complexity index is 489. The van der Waals surface area contributed by atoms with Crippen LogP contribution in [0.3, 0.4) is 0 Å². The molecule has 0 saturated carbocycles. The van der Waals surface area contributed by atoms with Crippen LogP contribution in [0.2, 0.25) is 0 Å². The van der Waals surface area contributed by atoms with Crippen molar-refractivity contribution in [2.75, 3.05) is 12.3 Å². The van der Waals surface area contributed by atoms with Crippen LogP contribution in [0.5, 0.6) is 5.75 Å². The predicted octanol–water partition coefficient (Wildman–Crippen LogP) is 3.00. The fourth-order valence-corrected chi connectivity index (χ4v) is 1.67. The molecule has 0 spiro atoms. The van der Waals surface area contributed by atoms with Gasteiger partial charge in [0.15, 0.2) is 0 Å². The van der Waals surface area contributed by atoms with Gasteiger partial charge in [-0.2, -0.15) is 0 Å². The first kappa shape index (κ1) is 12.5. The molecule has 1 aromatic carbocycles. The van der Waals surface area contributed by atoms with Crippen molar-refractivity contribution in [1.29, 1.82) is 0 Å². The number of nitrogens with zero attached hydrogens (tertiary/aromatic N) is 1. The topological polar surface area (TPSA) is 61.3 Å². The first-order valence-corrected chi connectivity index (χ1v) is 6.09. The maximum atomic E-state index is 5.63. The third-order valence-electron chi connectivity index (χ3n) is 2.75. The van der Waals surface area contributed by atoms with Crippen LogP contribution in [-0.4, -0.2) is 11.8 Å². The fourth-order valence-electron chi connectivity index (χ4n) is 1.67. The van der Waals surface area contributed by atoms with Gasteiger partial charge in [0.2, 0.25) is 5.88 Å². The van der Waals surface area contributed by atoms with E-state index in [9.17, 15) is 0 Å². The molecule has 2 N–H and O–H groups in total. The van der Waals surface area contributed by atoms with E-state index in [1.807, 2.05) is 12.1 Å². The van der Waals surface area contributed by atoms with Gasteiger partial charge in [0.05, 0.1) is 12.3 Å². The molecule has 0 aliphatic heterocycles. The number of aromatic nitrogens is 1. The number of nitrogens with two attached hydrogens (primary N) is 1. The van der Waals surface area contributed by atoms with E-state index < -0.39 is 0 Å². The molecule has 0 amide bonds. The smallest absolute Gasteiger partial charge is 0.222 e. The van der Waals surface area contributed by atoms with Crippen molar-refractivity contribution in [3.05, 3.63) is 41.6 Å². The van der Waals surface area contributed by atoms with Crippen LogP contribution in [0, 0.1) is 0 Å². The Hall–Kier alpha value is -1.97. The summed E-state index contributed by atoms with van der Waals surface area (Å²) in [6.07, 6.45) is 0.687. The number of hydrogen-bond acceptors (Lipinski definition) is 4. The quantitative estimate of drug-likeness (QED) is 0.881. The van der Waals surface area contributed by atoms with Gasteiger partial charge in [-0.3, -0.25) is 0 Å². The molecule has 0 aliphatic rings. The van der Waals surface area contributed by atoms with Gasteiger partial charge in [-0.15, -0.1) is 0 Å². The van der Waals surface area contributed by atoms with Crippen LogP contribution in [0.1, 0.15) is 31.0 Å². The summed E-state index contributed by atoms with van der Waals surface area (Å²) in [7, 11) is 0. The molecule has 0 unspecified atom stereocenters. The van der Waals surface area contributed by atoms with Crippen molar-refractivity contribution >= 4 is 5.88 Å². The third kappa shape index (κ3) is 3.26. The summed E-state index contributed by atoms with van der Waals surface area (Å²) in [6, 6.07) is 9.88. The van der Waals surface area contributed by atoms with E-state index in [2.05, 4.69) is 31.1 Å². The lowest BCUT2D eigenvalue weighted by Gasteiger charge is -2.08. The number of rotatable bonds is 5. The van der Waals surface area contributed by atoms with Gasteiger partial charge in [0, 0.05) is 12.5 Å². The largest absolute Gasteiger partial charge is 0.493 e. The van der Waals surface area contributed by atoms with E-state index in [1.165, 1.54) is 5.56 Å². The van der Waals surface area contributed by atoms with Crippen LogP contribution < -0.4 is 10.5 Å². The lowest BCUT2D eigenvalue weighted by molar-refractivity contribution is 0.316. The van der Waals surface area contributed by atoms with Crippen molar-refractivity contribution in [3.8, 4) is 5.75 Å². The number of ether oxygens (including phenoxy) is 1. The summed E-state index contributed by atoms with van der Waals surface area (Å²) >= 11 is 0. The first-order chi connectivity index (χ1) is 8.65. The zero-order valence-electron chi connectivity index (χ0n) is 10.7. The summed E-state index contributed by atoms with van der Waals surface area (Å²) in [6.45, 7) is 4.91. The van der Waals surface area contributed by atoms with Crippen LogP contribution in [0.15, 0.2) is 34.9 Å². The van der Waals surface area contributed by atoms with Gasteiger partial charge in [0.1, 0.15) is 5.75 Å². The van der Waals surface area contributed by atoms with Gasteiger partial charge >= 0.3 is 0 Å². The third-order valence-corrected chi connectivity index (χ3v) is 2.75. The molecule has 1 heterocycles. The minimum absolute atomic E-state index is 0.339. The fraction of sp³-hybridized carbons (Fsp3) is 0.357. The molecular formula is C14H18N2O2. The number of benzene rings is 1. The molecule has 2 rings (SSSR count). The molecule has 0 fully saturated rings. The normalized spacial score (nSPS) is 10.8. The summed E-state index contributed by atoms with van der Waals surface area (Å²) < 4.78 is 10.4. The van der Waals surface area contributed by atoms with Gasteiger partial charge in [-0.1, -0.05) is 31.1 Å². The molecule has 0 atom stereocenters. The van der Waals surface area contributed by atoms with Crippen molar-refractivity contribution < 1.29 is 9.26 Å². The minimum atomic E-state index is 0.339. The SMILES string of the molecule is CC(C)c1ccc(OCCc2cc(N)on2)cc1. The van der Waals surface area contributed by atoms with Crippen LogP contribution in [0.25, 0.3) is 0 Å². The van der Waals surface area contributed by atoms with E-state index in [4.69, 9.17) is 15.0 Å². The summed E-state index contributed by atoms with van der Waals surface area (Å²) in [5, 5.41) is 3.80. The molecule has 4 nitrogen and oxygen atoms in total. The average Bonchev–Trinajstić information content (AvgIpc) is 2.76. The number of nitrogen functional groups attached to an aromatic ring is 1. The molecule has 1 aromatic heterocycles. The molecule has 0 radical (unpaired) electrons. The molecule has 2 aromatic rings. The van der Waals surface area contributed by atoms with E-state index >= 15 is 0 Å². The van der Waals surface area contributed by atoms with Crippen LogP contribution >= 0.6 is 0 Å². The molecular weight excluding hydrogens is 228 g/mol.